The molecule has 8 nitrogen and oxygen atoms in total. The van der Waals surface area contributed by atoms with E-state index in [9.17, 15) is 9.90 Å². The first-order valence-corrected chi connectivity index (χ1v) is 10.6. The van der Waals surface area contributed by atoms with E-state index in [2.05, 4.69) is 16.0 Å². The molecule has 29 heavy (non-hydrogen) atoms. The second-order valence-electron chi connectivity index (χ2n) is 7.61. The van der Waals surface area contributed by atoms with Gasteiger partial charge in [0.25, 0.3) is 6.01 Å². The van der Waals surface area contributed by atoms with Crippen LogP contribution < -0.4 is 4.90 Å². The Morgan fingerprint density at radius 3 is 2.72 bits per heavy atom. The number of hydrogen-bond acceptors (Lipinski definition) is 7. The van der Waals surface area contributed by atoms with Crippen molar-refractivity contribution in [2.45, 2.75) is 38.0 Å². The fourth-order valence-corrected chi connectivity index (χ4v) is 5.09. The van der Waals surface area contributed by atoms with Crippen molar-refractivity contribution in [3.63, 3.8) is 0 Å². The predicted molar refractivity (Wildman–Crippen MR) is 109 cm³/mol. The number of carbonyl (C=O) groups is 1. The molecule has 2 saturated heterocycles. The third-order valence-electron chi connectivity index (χ3n) is 5.96. The van der Waals surface area contributed by atoms with E-state index in [4.69, 9.17) is 14.1 Å². The van der Waals surface area contributed by atoms with Gasteiger partial charge in [-0.25, -0.2) is 9.78 Å². The molecule has 0 radical (unpaired) electrons. The van der Waals surface area contributed by atoms with Crippen LogP contribution in [0.4, 0.5) is 10.8 Å². The van der Waals surface area contributed by atoms with Crippen LogP contribution in [-0.4, -0.2) is 58.4 Å². The molecule has 5 rings (SSSR count). The number of oxazole rings is 1. The van der Waals surface area contributed by atoms with Crippen LogP contribution in [0.5, 0.6) is 0 Å². The number of ether oxygens (including phenoxy) is 1. The van der Waals surface area contributed by atoms with E-state index in [1.54, 1.807) is 29.5 Å². The Bertz CT molecular complexity index is 1040. The number of piperazine rings is 1. The van der Waals surface area contributed by atoms with Gasteiger partial charge in [-0.2, -0.15) is 4.98 Å². The highest BCUT2D eigenvalue weighted by atomic mass is 32.1. The Morgan fingerprint density at radius 2 is 2.10 bits per heavy atom. The van der Waals surface area contributed by atoms with Gasteiger partial charge in [-0.15, -0.1) is 11.3 Å². The number of methoxy groups -OCH3 is 1. The summed E-state index contributed by atoms with van der Waals surface area (Å²) >= 11 is 1.55. The lowest BCUT2D eigenvalue weighted by Gasteiger charge is -2.38. The highest BCUT2D eigenvalue weighted by Crippen LogP contribution is 2.38. The third-order valence-corrected chi connectivity index (χ3v) is 6.77. The Labute approximate surface area is 171 Å². The highest BCUT2D eigenvalue weighted by molar-refractivity contribution is 7.13. The quantitative estimate of drug-likeness (QED) is 0.690. The molecule has 2 aromatic heterocycles. The monoisotopic (exact) mass is 414 g/mol. The zero-order chi connectivity index (χ0) is 20.1. The summed E-state index contributed by atoms with van der Waals surface area (Å²) in [5.74, 6) is 0. The van der Waals surface area contributed by atoms with E-state index in [0.717, 1.165) is 34.5 Å². The number of fused-ring (bicyclic) bond motifs is 3. The molecule has 3 atom stereocenters. The molecule has 3 aromatic rings. The van der Waals surface area contributed by atoms with Crippen LogP contribution in [-0.2, 0) is 4.74 Å². The van der Waals surface area contributed by atoms with Crippen LogP contribution >= 0.6 is 11.3 Å². The minimum absolute atomic E-state index is 0.0104. The molecule has 2 bridgehead atoms. The van der Waals surface area contributed by atoms with Crippen molar-refractivity contribution in [3.05, 3.63) is 29.3 Å². The third kappa shape index (κ3) is 3.05. The van der Waals surface area contributed by atoms with E-state index >= 15 is 0 Å². The lowest BCUT2D eigenvalue weighted by molar-refractivity contribution is 0.114. The minimum Gasteiger partial charge on any atom is -0.465 e. The minimum atomic E-state index is -0.834. The molecular formula is C20H22N4O4S. The second kappa shape index (κ2) is 7.00. The summed E-state index contributed by atoms with van der Waals surface area (Å²) < 4.78 is 11.7. The molecule has 3 unspecified atom stereocenters. The topological polar surface area (TPSA) is 91.9 Å². The van der Waals surface area contributed by atoms with Crippen LogP contribution in [0.1, 0.15) is 31.4 Å². The van der Waals surface area contributed by atoms with Gasteiger partial charge in [0.05, 0.1) is 23.8 Å². The molecule has 9 heteroatoms. The lowest BCUT2D eigenvalue weighted by Crippen LogP contribution is -2.55. The maximum absolute atomic E-state index is 11.6. The van der Waals surface area contributed by atoms with Crippen molar-refractivity contribution in [1.29, 1.82) is 0 Å². The highest BCUT2D eigenvalue weighted by Gasteiger charge is 2.43. The van der Waals surface area contributed by atoms with Gasteiger partial charge in [-0.1, -0.05) is 0 Å². The smallest absolute Gasteiger partial charge is 0.407 e. The summed E-state index contributed by atoms with van der Waals surface area (Å²) in [5, 5.41) is 12.3. The van der Waals surface area contributed by atoms with E-state index in [-0.39, 0.29) is 18.2 Å². The van der Waals surface area contributed by atoms with Crippen LogP contribution in [0.25, 0.3) is 21.7 Å². The number of aromatic nitrogens is 2. The van der Waals surface area contributed by atoms with Crippen molar-refractivity contribution >= 4 is 34.5 Å². The number of benzene rings is 1. The first-order chi connectivity index (χ1) is 14.0. The van der Waals surface area contributed by atoms with Crippen molar-refractivity contribution < 1.29 is 19.1 Å². The lowest BCUT2D eigenvalue weighted by atomic mass is 10.1. The van der Waals surface area contributed by atoms with Gasteiger partial charge in [0.1, 0.15) is 10.5 Å². The molecule has 0 saturated carbocycles. The standard InChI is InChI=1S/C20H22N4O4S/c1-11(27-2)12-7-15(18-21-5-6-29-18)17-16(8-12)22-19(28-17)23-9-13-3-4-14(10-23)24(13)20(25)26/h5-8,11,13-14H,3-4,9-10H2,1-2H3,(H,25,26). The molecule has 2 aliphatic rings. The van der Waals surface area contributed by atoms with Gasteiger partial charge >= 0.3 is 6.09 Å². The number of carboxylic acid groups (broad SMARTS) is 1. The van der Waals surface area contributed by atoms with Crippen molar-refractivity contribution in [2.75, 3.05) is 25.1 Å². The van der Waals surface area contributed by atoms with Gasteiger partial charge in [0, 0.05) is 31.8 Å². The summed E-state index contributed by atoms with van der Waals surface area (Å²) in [5.41, 5.74) is 3.39. The summed E-state index contributed by atoms with van der Waals surface area (Å²) in [6, 6.07) is 4.57. The number of nitrogens with zero attached hydrogens (tertiary/aromatic N) is 4. The number of thiazole rings is 1. The van der Waals surface area contributed by atoms with Gasteiger partial charge in [-0.3, -0.25) is 4.90 Å². The molecule has 152 valence electrons. The van der Waals surface area contributed by atoms with Crippen LogP contribution in [0.15, 0.2) is 28.1 Å². The predicted octanol–water partition coefficient (Wildman–Crippen LogP) is 3.99. The van der Waals surface area contributed by atoms with Gasteiger partial charge in [-0.05, 0) is 37.5 Å². The maximum atomic E-state index is 11.6. The van der Waals surface area contributed by atoms with E-state index in [0.29, 0.717) is 24.7 Å². The SMILES string of the molecule is COC(C)c1cc(-c2nccs2)c2oc(N3CC4CCC(C3)N4C(=O)O)nc2c1. The Hall–Kier alpha value is -2.65. The summed E-state index contributed by atoms with van der Waals surface area (Å²) in [7, 11) is 1.68. The molecule has 2 fully saturated rings. The maximum Gasteiger partial charge on any atom is 0.407 e. The fraction of sp³-hybridized carbons (Fsp3) is 0.450. The number of anilines is 1. The van der Waals surface area contributed by atoms with Crippen LogP contribution in [0, 0.1) is 0 Å². The molecule has 1 amide bonds. The second-order valence-corrected chi connectivity index (χ2v) is 8.50. The van der Waals surface area contributed by atoms with Gasteiger partial charge < -0.3 is 19.2 Å². The molecule has 1 aromatic carbocycles. The number of amides is 1. The summed E-state index contributed by atoms with van der Waals surface area (Å²) in [6.45, 7) is 3.20. The molecule has 1 N–H and O–H groups in total. The van der Waals surface area contributed by atoms with Crippen LogP contribution in [0.2, 0.25) is 0 Å². The zero-order valence-electron chi connectivity index (χ0n) is 16.2. The average Bonchev–Trinajstić information content (AvgIpc) is 3.44. The fourth-order valence-electron chi connectivity index (χ4n) is 4.44. The summed E-state index contributed by atoms with van der Waals surface area (Å²) in [6.07, 6.45) is 2.63. The van der Waals surface area contributed by atoms with Gasteiger partial charge in [0.15, 0.2) is 5.58 Å². The average molecular weight is 414 g/mol. The molecular weight excluding hydrogens is 392 g/mol. The molecule has 0 aliphatic carbocycles. The first kappa shape index (κ1) is 18.4. The number of rotatable bonds is 4. The summed E-state index contributed by atoms with van der Waals surface area (Å²) in [4.78, 5) is 24.4. The molecule has 0 spiro atoms. The largest absolute Gasteiger partial charge is 0.465 e. The van der Waals surface area contributed by atoms with Crippen molar-refractivity contribution in [2.24, 2.45) is 0 Å². The van der Waals surface area contributed by atoms with Crippen molar-refractivity contribution in [3.8, 4) is 10.6 Å². The van der Waals surface area contributed by atoms with E-state index < -0.39 is 6.09 Å². The molecule has 2 aliphatic heterocycles. The van der Waals surface area contributed by atoms with Crippen molar-refractivity contribution in [1.82, 2.24) is 14.9 Å². The number of hydrogen-bond donors (Lipinski definition) is 1. The Morgan fingerprint density at radius 1 is 1.34 bits per heavy atom. The van der Waals surface area contributed by atoms with Crippen LogP contribution in [0.3, 0.4) is 0 Å². The van der Waals surface area contributed by atoms with E-state index in [1.165, 1.54) is 0 Å². The van der Waals surface area contributed by atoms with E-state index in [1.807, 2.05) is 18.4 Å². The first-order valence-electron chi connectivity index (χ1n) is 9.68. The zero-order valence-corrected chi connectivity index (χ0v) is 17.1. The Kier molecular flexibility index (Phi) is 4.44. The van der Waals surface area contributed by atoms with Gasteiger partial charge in [0.2, 0.25) is 0 Å². The Balaban J connectivity index is 1.55. The molecule has 4 heterocycles. The normalized spacial score (nSPS) is 22.4.